The zero-order valence-corrected chi connectivity index (χ0v) is 22.2. The topological polar surface area (TPSA) is 70.5 Å². The third kappa shape index (κ3) is 4.56. The van der Waals surface area contributed by atoms with Crippen LogP contribution in [0.3, 0.4) is 0 Å². The van der Waals surface area contributed by atoms with Crippen molar-refractivity contribution >= 4 is 33.9 Å². The summed E-state index contributed by atoms with van der Waals surface area (Å²) in [5.41, 5.74) is 6.12. The molecule has 0 atom stereocenters. The van der Waals surface area contributed by atoms with Gasteiger partial charge in [-0.2, -0.15) is 0 Å². The fourth-order valence-corrected chi connectivity index (χ4v) is 5.65. The number of benzene rings is 2. The van der Waals surface area contributed by atoms with Crippen LogP contribution in [0.5, 0.6) is 5.75 Å². The first-order valence-electron chi connectivity index (χ1n) is 13.3. The molecule has 0 spiro atoms. The molecule has 2 aliphatic heterocycles. The molecular weight excluding hydrogens is 474 g/mol. The summed E-state index contributed by atoms with van der Waals surface area (Å²) in [4.78, 5) is 14.4. The second-order valence-corrected chi connectivity index (χ2v) is 10.1. The van der Waals surface area contributed by atoms with Crippen LogP contribution < -0.4 is 20.3 Å². The van der Waals surface area contributed by atoms with Gasteiger partial charge in [0.1, 0.15) is 5.75 Å². The lowest BCUT2D eigenvalue weighted by Crippen LogP contribution is -2.59. The number of nitrogens with one attached hydrogen (secondary N) is 2. The summed E-state index contributed by atoms with van der Waals surface area (Å²) < 4.78 is 7.96. The zero-order valence-electron chi connectivity index (χ0n) is 22.2. The van der Waals surface area contributed by atoms with Gasteiger partial charge in [-0.1, -0.05) is 24.3 Å². The molecule has 2 aromatic heterocycles. The van der Waals surface area contributed by atoms with Gasteiger partial charge in [0, 0.05) is 67.7 Å². The molecule has 38 heavy (non-hydrogen) atoms. The Bertz CT molecular complexity index is 1450. The average molecular weight is 510 g/mol. The lowest BCUT2D eigenvalue weighted by Gasteiger charge is -2.46. The van der Waals surface area contributed by atoms with E-state index in [0.29, 0.717) is 18.5 Å². The Hall–Kier alpha value is -4.04. The smallest absolute Gasteiger partial charge is 0.227 e. The van der Waals surface area contributed by atoms with E-state index in [-0.39, 0.29) is 0 Å². The molecular formula is C30H35N7O. The molecule has 0 unspecified atom stereocenters. The van der Waals surface area contributed by atoms with Crippen LogP contribution in [0.25, 0.3) is 22.2 Å². The number of rotatable bonds is 9. The van der Waals surface area contributed by atoms with Crippen LogP contribution >= 0.6 is 0 Å². The van der Waals surface area contributed by atoms with Crippen molar-refractivity contribution in [2.75, 3.05) is 55.4 Å². The van der Waals surface area contributed by atoms with Gasteiger partial charge in [0.05, 0.1) is 29.9 Å². The molecule has 2 saturated heterocycles. The number of methoxy groups -OCH3 is 1. The second-order valence-electron chi connectivity index (χ2n) is 10.1. The van der Waals surface area contributed by atoms with E-state index in [4.69, 9.17) is 9.72 Å². The molecule has 6 rings (SSSR count). The summed E-state index contributed by atoms with van der Waals surface area (Å²) in [5, 5.41) is 8.10. The Labute approximate surface area is 223 Å². The van der Waals surface area contributed by atoms with E-state index in [1.165, 1.54) is 36.8 Å². The lowest BCUT2D eigenvalue weighted by atomic mass is 10.0. The Balaban J connectivity index is 1.28. The molecule has 4 aromatic rings. The van der Waals surface area contributed by atoms with Crippen molar-refractivity contribution in [2.45, 2.75) is 18.9 Å². The number of hydrogen-bond acceptors (Lipinski definition) is 7. The fourth-order valence-electron chi connectivity index (χ4n) is 5.65. The van der Waals surface area contributed by atoms with E-state index in [1.807, 2.05) is 12.1 Å². The second kappa shape index (κ2) is 10.4. The maximum absolute atomic E-state index is 5.83. The van der Waals surface area contributed by atoms with E-state index in [0.717, 1.165) is 47.2 Å². The van der Waals surface area contributed by atoms with Crippen molar-refractivity contribution in [3.8, 4) is 17.0 Å². The number of ether oxygens (including phenoxy) is 1. The SMILES string of the molecule is C=CCNc1cc(Nc2nccc(-c3cn(C)c4ccccc34)n2)c(OC)cc1N1CC(N2CCCC2)C1. The number of anilines is 4. The van der Waals surface area contributed by atoms with Crippen LogP contribution in [-0.2, 0) is 7.05 Å². The van der Waals surface area contributed by atoms with E-state index in [1.54, 1.807) is 13.3 Å². The van der Waals surface area contributed by atoms with Crippen LogP contribution in [-0.4, -0.2) is 65.3 Å². The van der Waals surface area contributed by atoms with Crippen LogP contribution in [0.15, 0.2) is 67.5 Å². The van der Waals surface area contributed by atoms with Crippen molar-refractivity contribution in [3.05, 3.63) is 67.5 Å². The molecule has 2 aliphatic rings. The van der Waals surface area contributed by atoms with Crippen molar-refractivity contribution in [2.24, 2.45) is 7.05 Å². The number of para-hydroxylation sites is 1. The predicted molar refractivity (Wildman–Crippen MR) is 156 cm³/mol. The minimum absolute atomic E-state index is 0.522. The van der Waals surface area contributed by atoms with Crippen LogP contribution in [0, 0.1) is 0 Å². The predicted octanol–water partition coefficient (Wildman–Crippen LogP) is 5.27. The molecule has 0 radical (unpaired) electrons. The average Bonchev–Trinajstić information content (AvgIpc) is 3.56. The molecule has 2 N–H and O–H groups in total. The highest BCUT2D eigenvalue weighted by Gasteiger charge is 2.34. The Morgan fingerprint density at radius 3 is 2.71 bits per heavy atom. The summed E-state index contributed by atoms with van der Waals surface area (Å²) in [6, 6.07) is 15.2. The minimum atomic E-state index is 0.522. The molecule has 4 heterocycles. The molecule has 0 amide bonds. The molecule has 2 fully saturated rings. The minimum Gasteiger partial charge on any atom is -0.494 e. The first-order chi connectivity index (χ1) is 18.6. The molecule has 0 aliphatic carbocycles. The van der Waals surface area contributed by atoms with Crippen LogP contribution in [0.2, 0.25) is 0 Å². The molecule has 196 valence electrons. The van der Waals surface area contributed by atoms with Gasteiger partial charge in [-0.15, -0.1) is 6.58 Å². The molecule has 2 aromatic carbocycles. The van der Waals surface area contributed by atoms with E-state index < -0.39 is 0 Å². The Morgan fingerprint density at radius 1 is 1.11 bits per heavy atom. The first kappa shape index (κ1) is 24.3. The quantitative estimate of drug-likeness (QED) is 0.298. The number of hydrogen-bond donors (Lipinski definition) is 2. The van der Waals surface area contributed by atoms with E-state index in [9.17, 15) is 0 Å². The van der Waals surface area contributed by atoms with Crippen molar-refractivity contribution < 1.29 is 4.74 Å². The number of nitrogens with zero attached hydrogens (tertiary/aromatic N) is 5. The number of fused-ring (bicyclic) bond motifs is 1. The Morgan fingerprint density at radius 2 is 1.92 bits per heavy atom. The number of likely N-dealkylation sites (tertiary alicyclic amines) is 1. The first-order valence-corrected chi connectivity index (χ1v) is 13.3. The van der Waals surface area contributed by atoms with Crippen LogP contribution in [0.1, 0.15) is 12.8 Å². The van der Waals surface area contributed by atoms with Gasteiger partial charge >= 0.3 is 0 Å². The van der Waals surface area contributed by atoms with E-state index in [2.05, 4.69) is 86.2 Å². The summed E-state index contributed by atoms with van der Waals surface area (Å²) in [7, 11) is 3.76. The molecule has 0 bridgehead atoms. The van der Waals surface area contributed by atoms with Gasteiger partial charge in [-0.3, -0.25) is 4.90 Å². The van der Waals surface area contributed by atoms with Gasteiger partial charge < -0.3 is 24.8 Å². The third-order valence-electron chi connectivity index (χ3n) is 7.69. The molecule has 8 nitrogen and oxygen atoms in total. The summed E-state index contributed by atoms with van der Waals surface area (Å²) >= 11 is 0. The van der Waals surface area contributed by atoms with Crippen molar-refractivity contribution in [1.29, 1.82) is 0 Å². The third-order valence-corrected chi connectivity index (χ3v) is 7.69. The largest absolute Gasteiger partial charge is 0.494 e. The summed E-state index contributed by atoms with van der Waals surface area (Å²) in [6.07, 6.45) is 8.43. The molecule has 0 saturated carbocycles. The summed E-state index contributed by atoms with van der Waals surface area (Å²) in [5.74, 6) is 1.28. The highest BCUT2D eigenvalue weighted by Crippen LogP contribution is 2.40. The lowest BCUT2D eigenvalue weighted by molar-refractivity contribution is 0.205. The van der Waals surface area contributed by atoms with Gasteiger partial charge in [0.15, 0.2) is 0 Å². The number of aromatic nitrogens is 3. The normalized spacial score (nSPS) is 16.0. The van der Waals surface area contributed by atoms with Crippen LogP contribution in [0.4, 0.5) is 23.0 Å². The maximum Gasteiger partial charge on any atom is 0.227 e. The number of aryl methyl sites for hydroxylation is 1. The van der Waals surface area contributed by atoms with Gasteiger partial charge in [-0.05, 0) is 44.1 Å². The standard InChI is InChI=1S/C30H35N7O/c1-4-12-31-25-16-26(29(38-3)17-28(25)37-18-21(19-37)36-14-7-8-15-36)34-30-32-13-11-24(33-30)23-20-35(2)27-10-6-5-9-22(23)27/h4-6,9-11,13,16-17,20-21,31H,1,7-8,12,14-15,18-19H2,2-3H3,(H,32,33,34). The van der Waals surface area contributed by atoms with Gasteiger partial charge in [-0.25, -0.2) is 9.97 Å². The maximum atomic E-state index is 5.83. The zero-order chi connectivity index (χ0) is 26.1. The van der Waals surface area contributed by atoms with Gasteiger partial charge in [0.25, 0.3) is 0 Å². The highest BCUT2D eigenvalue weighted by atomic mass is 16.5. The summed E-state index contributed by atoms with van der Waals surface area (Å²) in [6.45, 7) is 9.09. The monoisotopic (exact) mass is 509 g/mol. The van der Waals surface area contributed by atoms with Gasteiger partial charge in [0.2, 0.25) is 5.95 Å². The highest BCUT2D eigenvalue weighted by molar-refractivity contribution is 5.95. The van der Waals surface area contributed by atoms with E-state index >= 15 is 0 Å². The van der Waals surface area contributed by atoms with Crippen molar-refractivity contribution in [3.63, 3.8) is 0 Å². The Kier molecular flexibility index (Phi) is 6.64. The van der Waals surface area contributed by atoms with Crippen molar-refractivity contribution in [1.82, 2.24) is 19.4 Å². The fraction of sp³-hybridized carbons (Fsp3) is 0.333. The molecule has 8 heteroatoms.